The SMILES string of the molecule is CC(=O)c1cccc(NC(=O)C(C)(C)c2ccc3c(c2)OCCO3)c1. The lowest BCUT2D eigenvalue weighted by Gasteiger charge is -2.26. The van der Waals surface area contributed by atoms with E-state index in [1.165, 1.54) is 6.92 Å². The van der Waals surface area contributed by atoms with Crippen molar-refractivity contribution in [1.82, 2.24) is 0 Å². The van der Waals surface area contributed by atoms with Gasteiger partial charge < -0.3 is 14.8 Å². The maximum absolute atomic E-state index is 12.8. The molecule has 0 radical (unpaired) electrons. The lowest BCUT2D eigenvalue weighted by atomic mass is 9.83. The predicted octanol–water partition coefficient (Wildman–Crippen LogP) is 3.58. The summed E-state index contributed by atoms with van der Waals surface area (Å²) in [5.74, 6) is 1.15. The van der Waals surface area contributed by atoms with E-state index in [-0.39, 0.29) is 11.7 Å². The van der Waals surface area contributed by atoms with Crippen LogP contribution in [-0.2, 0) is 10.2 Å². The molecule has 2 aromatic rings. The Morgan fingerprint density at radius 3 is 2.44 bits per heavy atom. The fourth-order valence-corrected chi connectivity index (χ4v) is 2.67. The molecule has 1 aliphatic rings. The minimum atomic E-state index is -0.776. The maximum atomic E-state index is 12.8. The van der Waals surface area contributed by atoms with E-state index in [4.69, 9.17) is 9.47 Å². The highest BCUT2D eigenvalue weighted by atomic mass is 16.6. The number of hydrogen-bond donors (Lipinski definition) is 1. The van der Waals surface area contributed by atoms with E-state index in [1.54, 1.807) is 24.3 Å². The largest absolute Gasteiger partial charge is 0.486 e. The van der Waals surface area contributed by atoms with Gasteiger partial charge in [-0.2, -0.15) is 0 Å². The van der Waals surface area contributed by atoms with E-state index >= 15 is 0 Å². The number of Topliss-reactive ketones (excluding diaryl/α,β-unsaturated/α-hetero) is 1. The Morgan fingerprint density at radius 1 is 1.00 bits per heavy atom. The van der Waals surface area contributed by atoms with Gasteiger partial charge in [0, 0.05) is 11.3 Å². The van der Waals surface area contributed by atoms with Gasteiger partial charge in [0.15, 0.2) is 17.3 Å². The summed E-state index contributed by atoms with van der Waals surface area (Å²) in [6.07, 6.45) is 0. The van der Waals surface area contributed by atoms with Gasteiger partial charge in [0.2, 0.25) is 5.91 Å². The number of anilines is 1. The van der Waals surface area contributed by atoms with Crippen molar-refractivity contribution in [2.75, 3.05) is 18.5 Å². The van der Waals surface area contributed by atoms with Crippen molar-refractivity contribution in [3.8, 4) is 11.5 Å². The quantitative estimate of drug-likeness (QED) is 0.865. The van der Waals surface area contributed by atoms with Gasteiger partial charge in [-0.1, -0.05) is 18.2 Å². The van der Waals surface area contributed by atoms with Crippen LogP contribution in [0.15, 0.2) is 42.5 Å². The molecule has 0 aliphatic carbocycles. The molecule has 0 aromatic heterocycles. The van der Waals surface area contributed by atoms with Crippen LogP contribution in [0.5, 0.6) is 11.5 Å². The average molecular weight is 339 g/mol. The number of benzene rings is 2. The average Bonchev–Trinajstić information content (AvgIpc) is 2.61. The van der Waals surface area contributed by atoms with E-state index < -0.39 is 5.41 Å². The number of hydrogen-bond acceptors (Lipinski definition) is 4. The molecule has 0 saturated carbocycles. The monoisotopic (exact) mass is 339 g/mol. The second kappa shape index (κ2) is 6.59. The van der Waals surface area contributed by atoms with Crippen LogP contribution in [0.1, 0.15) is 36.7 Å². The summed E-state index contributed by atoms with van der Waals surface area (Å²) in [6, 6.07) is 12.5. The first-order chi connectivity index (χ1) is 11.9. The third-order valence-electron chi connectivity index (χ3n) is 4.36. The second-order valence-electron chi connectivity index (χ2n) is 6.57. The summed E-state index contributed by atoms with van der Waals surface area (Å²) in [6.45, 7) is 6.23. The normalized spacial score (nSPS) is 13.2. The number of ether oxygens (including phenoxy) is 2. The van der Waals surface area contributed by atoms with Crippen LogP contribution in [-0.4, -0.2) is 24.9 Å². The number of carbonyl (C=O) groups is 2. The molecule has 0 atom stereocenters. The maximum Gasteiger partial charge on any atom is 0.234 e. The Kier molecular flexibility index (Phi) is 4.49. The summed E-state index contributed by atoms with van der Waals surface area (Å²) in [7, 11) is 0. The second-order valence-corrected chi connectivity index (χ2v) is 6.57. The van der Waals surface area contributed by atoms with Crippen molar-refractivity contribution in [3.63, 3.8) is 0 Å². The molecule has 0 spiro atoms. The van der Waals surface area contributed by atoms with Crippen LogP contribution >= 0.6 is 0 Å². The van der Waals surface area contributed by atoms with Crippen LogP contribution in [0.25, 0.3) is 0 Å². The van der Waals surface area contributed by atoms with Crippen molar-refractivity contribution in [2.24, 2.45) is 0 Å². The van der Waals surface area contributed by atoms with Crippen molar-refractivity contribution in [2.45, 2.75) is 26.2 Å². The highest BCUT2D eigenvalue weighted by Gasteiger charge is 2.31. The number of ketones is 1. The predicted molar refractivity (Wildman–Crippen MR) is 95.5 cm³/mol. The molecular formula is C20H21NO4. The molecule has 0 fully saturated rings. The molecular weight excluding hydrogens is 318 g/mol. The molecule has 1 heterocycles. The molecule has 2 aromatic carbocycles. The molecule has 0 bridgehead atoms. The topological polar surface area (TPSA) is 64.6 Å². The van der Waals surface area contributed by atoms with Gasteiger partial charge in [-0.3, -0.25) is 9.59 Å². The summed E-state index contributed by atoms with van der Waals surface area (Å²) >= 11 is 0. The summed E-state index contributed by atoms with van der Waals surface area (Å²) in [5.41, 5.74) is 1.22. The number of carbonyl (C=O) groups excluding carboxylic acids is 2. The first-order valence-electron chi connectivity index (χ1n) is 8.20. The van der Waals surface area contributed by atoms with Crippen LogP contribution in [0.4, 0.5) is 5.69 Å². The van der Waals surface area contributed by atoms with Crippen molar-refractivity contribution >= 4 is 17.4 Å². The van der Waals surface area contributed by atoms with Gasteiger partial charge in [-0.25, -0.2) is 0 Å². The molecule has 5 nitrogen and oxygen atoms in total. The zero-order valence-electron chi connectivity index (χ0n) is 14.6. The zero-order valence-corrected chi connectivity index (χ0v) is 14.6. The molecule has 0 saturated heterocycles. The summed E-state index contributed by atoms with van der Waals surface area (Å²) in [4.78, 5) is 24.3. The van der Waals surface area contributed by atoms with E-state index in [2.05, 4.69) is 5.32 Å². The Balaban J connectivity index is 1.83. The number of rotatable bonds is 4. The fraction of sp³-hybridized carbons (Fsp3) is 0.300. The highest BCUT2D eigenvalue weighted by Crippen LogP contribution is 2.35. The molecule has 5 heteroatoms. The van der Waals surface area contributed by atoms with E-state index in [1.807, 2.05) is 32.0 Å². The third-order valence-corrected chi connectivity index (χ3v) is 4.36. The third kappa shape index (κ3) is 3.50. The lowest BCUT2D eigenvalue weighted by Crippen LogP contribution is -2.35. The molecule has 1 aliphatic heterocycles. The van der Waals surface area contributed by atoms with Gasteiger partial charge in [0.25, 0.3) is 0 Å². The molecule has 0 unspecified atom stereocenters. The van der Waals surface area contributed by atoms with Crippen molar-refractivity contribution < 1.29 is 19.1 Å². The van der Waals surface area contributed by atoms with E-state index in [9.17, 15) is 9.59 Å². The molecule has 25 heavy (non-hydrogen) atoms. The fourth-order valence-electron chi connectivity index (χ4n) is 2.67. The smallest absolute Gasteiger partial charge is 0.234 e. The van der Waals surface area contributed by atoms with Gasteiger partial charge in [0.1, 0.15) is 13.2 Å². The van der Waals surface area contributed by atoms with Crippen LogP contribution in [0.3, 0.4) is 0 Å². The zero-order chi connectivity index (χ0) is 18.0. The van der Waals surface area contributed by atoms with E-state index in [0.29, 0.717) is 36.0 Å². The molecule has 130 valence electrons. The molecule has 1 amide bonds. The Hall–Kier alpha value is -2.82. The van der Waals surface area contributed by atoms with Gasteiger partial charge in [0.05, 0.1) is 5.41 Å². The number of nitrogens with one attached hydrogen (secondary N) is 1. The summed E-state index contributed by atoms with van der Waals surface area (Å²) < 4.78 is 11.1. The minimum Gasteiger partial charge on any atom is -0.486 e. The van der Waals surface area contributed by atoms with Gasteiger partial charge in [-0.05, 0) is 50.6 Å². The van der Waals surface area contributed by atoms with Gasteiger partial charge in [-0.15, -0.1) is 0 Å². The minimum absolute atomic E-state index is 0.0396. The van der Waals surface area contributed by atoms with E-state index in [0.717, 1.165) is 5.56 Å². The Labute approximate surface area is 147 Å². The molecule has 1 N–H and O–H groups in total. The van der Waals surface area contributed by atoms with Crippen LogP contribution < -0.4 is 14.8 Å². The van der Waals surface area contributed by atoms with Gasteiger partial charge >= 0.3 is 0 Å². The highest BCUT2D eigenvalue weighted by molar-refractivity contribution is 6.00. The number of fused-ring (bicyclic) bond motifs is 1. The Bertz CT molecular complexity index is 826. The first kappa shape index (κ1) is 17.0. The van der Waals surface area contributed by atoms with Crippen LogP contribution in [0, 0.1) is 0 Å². The number of amides is 1. The van der Waals surface area contributed by atoms with Crippen molar-refractivity contribution in [3.05, 3.63) is 53.6 Å². The lowest BCUT2D eigenvalue weighted by molar-refractivity contribution is -0.120. The first-order valence-corrected chi connectivity index (χ1v) is 8.20. The molecule has 3 rings (SSSR count). The van der Waals surface area contributed by atoms with Crippen LogP contribution in [0.2, 0.25) is 0 Å². The summed E-state index contributed by atoms with van der Waals surface area (Å²) in [5, 5.41) is 2.89. The van der Waals surface area contributed by atoms with Crippen molar-refractivity contribution in [1.29, 1.82) is 0 Å². The standard InChI is InChI=1S/C20H21NO4/c1-13(22)14-5-4-6-16(11-14)21-19(23)20(2,3)15-7-8-17-18(12-15)25-10-9-24-17/h4-8,11-12H,9-10H2,1-3H3,(H,21,23). The Morgan fingerprint density at radius 2 is 1.72 bits per heavy atom.